The predicted molar refractivity (Wildman–Crippen MR) is 95.2 cm³/mol. The van der Waals surface area contributed by atoms with E-state index in [9.17, 15) is 0 Å². The second kappa shape index (κ2) is 7.35. The molecule has 3 nitrogen and oxygen atoms in total. The molecule has 0 bridgehead atoms. The molecule has 6 heteroatoms. The number of hydrogen-bond donors (Lipinski definition) is 0. The van der Waals surface area contributed by atoms with E-state index in [1.165, 1.54) is 10.5 Å². The number of aromatic nitrogens is 2. The van der Waals surface area contributed by atoms with Gasteiger partial charge in [0, 0.05) is 20.7 Å². The zero-order valence-corrected chi connectivity index (χ0v) is 15.0. The van der Waals surface area contributed by atoms with Crippen LogP contribution in [-0.4, -0.2) is 16.5 Å². The monoisotopic (exact) mass is 392 g/mol. The first-order valence-corrected chi connectivity index (χ1v) is 9.60. The third-order valence-electron chi connectivity index (χ3n) is 3.00. The zero-order chi connectivity index (χ0) is 15.4. The SMILES string of the molecule is CSc1ccc(CSc2nnc(-c3cccc(Br)c3)o2)cc1. The van der Waals surface area contributed by atoms with Crippen molar-refractivity contribution in [1.29, 1.82) is 0 Å². The van der Waals surface area contributed by atoms with E-state index in [2.05, 4.69) is 56.6 Å². The van der Waals surface area contributed by atoms with Gasteiger partial charge in [-0.15, -0.1) is 22.0 Å². The van der Waals surface area contributed by atoms with Gasteiger partial charge in [-0.3, -0.25) is 0 Å². The van der Waals surface area contributed by atoms with Crippen molar-refractivity contribution in [1.82, 2.24) is 10.2 Å². The highest BCUT2D eigenvalue weighted by atomic mass is 79.9. The average Bonchev–Trinajstić information content (AvgIpc) is 3.02. The molecule has 0 aliphatic rings. The summed E-state index contributed by atoms with van der Waals surface area (Å²) in [6, 6.07) is 16.3. The van der Waals surface area contributed by atoms with E-state index in [1.54, 1.807) is 23.5 Å². The largest absolute Gasteiger partial charge is 0.411 e. The number of hydrogen-bond acceptors (Lipinski definition) is 5. The molecule has 0 amide bonds. The minimum atomic E-state index is 0.543. The van der Waals surface area contributed by atoms with Crippen LogP contribution in [0.25, 0.3) is 11.5 Å². The van der Waals surface area contributed by atoms with Crippen molar-refractivity contribution in [3.63, 3.8) is 0 Å². The van der Waals surface area contributed by atoms with Crippen molar-refractivity contribution in [2.45, 2.75) is 15.9 Å². The average molecular weight is 393 g/mol. The van der Waals surface area contributed by atoms with E-state index in [1.807, 2.05) is 24.3 Å². The number of nitrogens with zero attached hydrogens (tertiary/aromatic N) is 2. The van der Waals surface area contributed by atoms with Gasteiger partial charge in [0.1, 0.15) is 0 Å². The summed E-state index contributed by atoms with van der Waals surface area (Å²) in [4.78, 5) is 1.27. The summed E-state index contributed by atoms with van der Waals surface area (Å²) in [5.74, 6) is 1.36. The summed E-state index contributed by atoms with van der Waals surface area (Å²) in [6.07, 6.45) is 2.08. The molecular weight excluding hydrogens is 380 g/mol. The number of halogens is 1. The second-order valence-electron chi connectivity index (χ2n) is 4.52. The van der Waals surface area contributed by atoms with Gasteiger partial charge in [-0.05, 0) is 42.2 Å². The molecule has 112 valence electrons. The molecule has 0 N–H and O–H groups in total. The minimum absolute atomic E-state index is 0.543. The lowest BCUT2D eigenvalue weighted by Gasteiger charge is -2.00. The zero-order valence-electron chi connectivity index (χ0n) is 11.8. The molecule has 0 aliphatic heterocycles. The Kier molecular flexibility index (Phi) is 5.23. The van der Waals surface area contributed by atoms with Gasteiger partial charge in [0.2, 0.25) is 5.89 Å². The maximum atomic E-state index is 5.71. The van der Waals surface area contributed by atoms with E-state index < -0.39 is 0 Å². The molecule has 0 fully saturated rings. The molecule has 0 unspecified atom stereocenters. The van der Waals surface area contributed by atoms with Crippen LogP contribution in [0.15, 0.2) is 67.5 Å². The van der Waals surface area contributed by atoms with Crippen molar-refractivity contribution >= 4 is 39.5 Å². The van der Waals surface area contributed by atoms with Gasteiger partial charge in [-0.1, -0.05) is 45.9 Å². The van der Waals surface area contributed by atoms with E-state index in [-0.39, 0.29) is 0 Å². The van der Waals surface area contributed by atoms with E-state index >= 15 is 0 Å². The van der Waals surface area contributed by atoms with Crippen molar-refractivity contribution in [3.05, 3.63) is 58.6 Å². The van der Waals surface area contributed by atoms with Crippen LogP contribution in [0.3, 0.4) is 0 Å². The quantitative estimate of drug-likeness (QED) is 0.534. The van der Waals surface area contributed by atoms with Gasteiger partial charge in [-0.25, -0.2) is 0 Å². The highest BCUT2D eigenvalue weighted by molar-refractivity contribution is 9.10. The van der Waals surface area contributed by atoms with Gasteiger partial charge in [0.15, 0.2) is 0 Å². The van der Waals surface area contributed by atoms with Crippen LogP contribution < -0.4 is 0 Å². The summed E-state index contributed by atoms with van der Waals surface area (Å²) in [5.41, 5.74) is 2.16. The molecular formula is C16H13BrN2OS2. The van der Waals surface area contributed by atoms with E-state index in [0.717, 1.165) is 15.8 Å². The highest BCUT2D eigenvalue weighted by Crippen LogP contribution is 2.27. The molecule has 0 radical (unpaired) electrons. The Balaban J connectivity index is 1.66. The number of benzene rings is 2. The first kappa shape index (κ1) is 15.6. The first-order valence-electron chi connectivity index (χ1n) is 6.60. The maximum Gasteiger partial charge on any atom is 0.277 e. The fraction of sp³-hybridized carbons (Fsp3) is 0.125. The molecule has 0 spiro atoms. The van der Waals surface area contributed by atoms with Crippen LogP contribution in [0, 0.1) is 0 Å². The lowest BCUT2D eigenvalue weighted by atomic mass is 10.2. The Morgan fingerprint density at radius 3 is 2.64 bits per heavy atom. The molecule has 1 heterocycles. The van der Waals surface area contributed by atoms with Crippen LogP contribution in [0.2, 0.25) is 0 Å². The number of rotatable bonds is 5. The molecule has 0 saturated carbocycles. The Morgan fingerprint density at radius 2 is 1.91 bits per heavy atom. The van der Waals surface area contributed by atoms with Crippen molar-refractivity contribution < 1.29 is 4.42 Å². The summed E-state index contributed by atoms with van der Waals surface area (Å²) in [7, 11) is 0. The first-order chi connectivity index (χ1) is 10.7. The van der Waals surface area contributed by atoms with Crippen LogP contribution in [0.5, 0.6) is 0 Å². The smallest absolute Gasteiger partial charge is 0.277 e. The molecule has 0 atom stereocenters. The van der Waals surface area contributed by atoms with E-state index in [4.69, 9.17) is 4.42 Å². The van der Waals surface area contributed by atoms with Gasteiger partial charge in [0.05, 0.1) is 0 Å². The third kappa shape index (κ3) is 3.94. The maximum absolute atomic E-state index is 5.71. The van der Waals surface area contributed by atoms with Crippen LogP contribution in [0.4, 0.5) is 0 Å². The molecule has 0 aliphatic carbocycles. The van der Waals surface area contributed by atoms with Gasteiger partial charge in [0.25, 0.3) is 5.22 Å². The lowest BCUT2D eigenvalue weighted by molar-refractivity contribution is 0.466. The second-order valence-corrected chi connectivity index (χ2v) is 7.24. The van der Waals surface area contributed by atoms with Crippen molar-refractivity contribution in [2.24, 2.45) is 0 Å². The fourth-order valence-electron chi connectivity index (χ4n) is 1.87. The number of thioether (sulfide) groups is 2. The normalized spacial score (nSPS) is 10.8. The van der Waals surface area contributed by atoms with Gasteiger partial charge in [-0.2, -0.15) is 0 Å². The van der Waals surface area contributed by atoms with Gasteiger partial charge < -0.3 is 4.42 Å². The summed E-state index contributed by atoms with van der Waals surface area (Å²) < 4.78 is 6.70. The molecule has 3 rings (SSSR count). The lowest BCUT2D eigenvalue weighted by Crippen LogP contribution is -1.80. The molecule has 22 heavy (non-hydrogen) atoms. The standard InChI is InChI=1S/C16H13BrN2OS2/c1-21-14-7-5-11(6-8-14)10-22-16-19-18-15(20-16)12-3-2-4-13(17)9-12/h2-9H,10H2,1H3. The molecule has 2 aromatic carbocycles. The molecule has 0 saturated heterocycles. The van der Waals surface area contributed by atoms with Crippen LogP contribution in [-0.2, 0) is 5.75 Å². The predicted octanol–water partition coefficient (Wildman–Crippen LogP) is 5.51. The Labute approximate surface area is 146 Å². The van der Waals surface area contributed by atoms with Crippen molar-refractivity contribution in [2.75, 3.05) is 6.26 Å². The van der Waals surface area contributed by atoms with Crippen LogP contribution in [0.1, 0.15) is 5.56 Å². The van der Waals surface area contributed by atoms with E-state index in [0.29, 0.717) is 11.1 Å². The molecule has 3 aromatic rings. The fourth-order valence-corrected chi connectivity index (χ4v) is 3.40. The third-order valence-corrected chi connectivity index (χ3v) is 5.13. The Hall–Kier alpha value is -1.24. The molecule has 1 aromatic heterocycles. The minimum Gasteiger partial charge on any atom is -0.411 e. The summed E-state index contributed by atoms with van der Waals surface area (Å²) in [6.45, 7) is 0. The summed E-state index contributed by atoms with van der Waals surface area (Å²) >= 11 is 6.73. The Morgan fingerprint density at radius 1 is 1.09 bits per heavy atom. The summed E-state index contributed by atoms with van der Waals surface area (Å²) in [5, 5.41) is 8.79. The Bertz CT molecular complexity index is 759. The van der Waals surface area contributed by atoms with Gasteiger partial charge >= 0.3 is 0 Å². The van der Waals surface area contributed by atoms with Crippen molar-refractivity contribution in [3.8, 4) is 11.5 Å². The highest BCUT2D eigenvalue weighted by Gasteiger charge is 2.09. The van der Waals surface area contributed by atoms with Crippen LogP contribution >= 0.6 is 39.5 Å². The topological polar surface area (TPSA) is 38.9 Å².